The Morgan fingerprint density at radius 3 is 2.70 bits per heavy atom. The van der Waals surface area contributed by atoms with Crippen molar-refractivity contribution in [3.63, 3.8) is 0 Å². The van der Waals surface area contributed by atoms with Gasteiger partial charge in [-0.05, 0) is 38.1 Å². The van der Waals surface area contributed by atoms with E-state index in [-0.39, 0.29) is 30.1 Å². The molecule has 0 aromatic carbocycles. The van der Waals surface area contributed by atoms with Crippen molar-refractivity contribution in [2.24, 2.45) is 5.92 Å². The van der Waals surface area contributed by atoms with Crippen LogP contribution in [0.3, 0.4) is 0 Å². The summed E-state index contributed by atoms with van der Waals surface area (Å²) in [6.45, 7) is 3.50. The molecule has 2 amide bonds. The zero-order valence-electron chi connectivity index (χ0n) is 12.9. The molecule has 0 radical (unpaired) electrons. The summed E-state index contributed by atoms with van der Waals surface area (Å²) in [5.41, 5.74) is 0.703. The highest BCUT2D eigenvalue weighted by Gasteiger charge is 2.21. The lowest BCUT2D eigenvalue weighted by Gasteiger charge is -2.27. The fourth-order valence-corrected chi connectivity index (χ4v) is 2.81. The minimum absolute atomic E-state index is 0. The van der Waals surface area contributed by atoms with Crippen molar-refractivity contribution in [1.29, 1.82) is 0 Å². The van der Waals surface area contributed by atoms with Gasteiger partial charge in [0, 0.05) is 19.0 Å². The Labute approximate surface area is 141 Å². The Morgan fingerprint density at radius 1 is 1.26 bits per heavy atom. The van der Waals surface area contributed by atoms with Gasteiger partial charge in [0.25, 0.3) is 0 Å². The number of hydrogen-bond donors (Lipinski definition) is 3. The molecule has 2 fully saturated rings. The lowest BCUT2D eigenvalue weighted by molar-refractivity contribution is -0.121. The van der Waals surface area contributed by atoms with Crippen molar-refractivity contribution in [3.8, 4) is 0 Å². The molecule has 23 heavy (non-hydrogen) atoms. The molecule has 2 saturated heterocycles. The number of halogens is 1. The summed E-state index contributed by atoms with van der Waals surface area (Å²) in [7, 11) is 0. The average molecular weight is 340 g/mol. The number of nitrogens with one attached hydrogen (secondary N) is 3. The Kier molecular flexibility index (Phi) is 6.18. The van der Waals surface area contributed by atoms with Gasteiger partial charge in [-0.15, -0.1) is 12.4 Å². The van der Waals surface area contributed by atoms with Gasteiger partial charge in [0.15, 0.2) is 0 Å². The summed E-state index contributed by atoms with van der Waals surface area (Å²) in [6.07, 6.45) is 3.40. The topological polar surface area (TPSA) is 86.4 Å². The van der Waals surface area contributed by atoms with Crippen LogP contribution in [0.15, 0.2) is 18.3 Å². The molecule has 0 bridgehead atoms. The van der Waals surface area contributed by atoms with Crippen molar-refractivity contribution in [2.75, 3.05) is 42.9 Å². The first-order valence-electron chi connectivity index (χ1n) is 7.71. The van der Waals surface area contributed by atoms with E-state index in [9.17, 15) is 9.59 Å². The minimum Gasteiger partial charge on any atom is -0.353 e. The number of anilines is 2. The number of pyridine rings is 1. The zero-order valence-corrected chi connectivity index (χ0v) is 13.7. The highest BCUT2D eigenvalue weighted by Crippen LogP contribution is 2.18. The number of piperidine rings is 1. The zero-order chi connectivity index (χ0) is 15.4. The summed E-state index contributed by atoms with van der Waals surface area (Å²) >= 11 is 0. The smallest absolute Gasteiger partial charge is 0.239 e. The largest absolute Gasteiger partial charge is 0.353 e. The second kappa shape index (κ2) is 8.12. The van der Waals surface area contributed by atoms with Gasteiger partial charge in [-0.25, -0.2) is 4.98 Å². The number of aromatic nitrogens is 1. The molecule has 1 aromatic heterocycles. The van der Waals surface area contributed by atoms with E-state index in [4.69, 9.17) is 0 Å². The fourth-order valence-electron chi connectivity index (χ4n) is 2.81. The lowest BCUT2D eigenvalue weighted by atomic mass is 9.97. The van der Waals surface area contributed by atoms with Crippen LogP contribution in [0.4, 0.5) is 11.5 Å². The maximum absolute atomic E-state index is 12.2. The normalized spacial score (nSPS) is 18.8. The minimum atomic E-state index is 0. The molecule has 7 nitrogen and oxygen atoms in total. The predicted molar refractivity (Wildman–Crippen MR) is 90.9 cm³/mol. The van der Waals surface area contributed by atoms with Crippen molar-refractivity contribution < 1.29 is 9.59 Å². The Morgan fingerprint density at radius 2 is 2.04 bits per heavy atom. The van der Waals surface area contributed by atoms with Crippen molar-refractivity contribution in [3.05, 3.63) is 18.3 Å². The number of nitrogens with zero attached hydrogens (tertiary/aromatic N) is 2. The van der Waals surface area contributed by atoms with Gasteiger partial charge in [0.2, 0.25) is 11.8 Å². The van der Waals surface area contributed by atoms with Crippen LogP contribution < -0.4 is 20.9 Å². The van der Waals surface area contributed by atoms with E-state index >= 15 is 0 Å². The van der Waals surface area contributed by atoms with Crippen LogP contribution in [-0.4, -0.2) is 49.5 Å². The van der Waals surface area contributed by atoms with Crippen LogP contribution in [0.25, 0.3) is 0 Å². The first kappa shape index (κ1) is 17.5. The van der Waals surface area contributed by atoms with Crippen LogP contribution in [0, 0.1) is 5.92 Å². The van der Waals surface area contributed by atoms with Crippen molar-refractivity contribution in [1.82, 2.24) is 15.6 Å². The summed E-state index contributed by atoms with van der Waals surface area (Å²) in [6, 6.07) is 3.68. The second-order valence-electron chi connectivity index (χ2n) is 5.69. The van der Waals surface area contributed by atoms with Crippen LogP contribution in [0.2, 0.25) is 0 Å². The average Bonchev–Trinajstić information content (AvgIpc) is 2.56. The molecule has 0 saturated carbocycles. The summed E-state index contributed by atoms with van der Waals surface area (Å²) in [4.78, 5) is 29.8. The van der Waals surface area contributed by atoms with Crippen molar-refractivity contribution >= 4 is 35.7 Å². The number of rotatable bonds is 3. The summed E-state index contributed by atoms with van der Waals surface area (Å²) < 4.78 is 0. The first-order valence-corrected chi connectivity index (χ1v) is 7.71. The summed E-state index contributed by atoms with van der Waals surface area (Å²) in [5.74, 6) is 0.908. The van der Waals surface area contributed by atoms with E-state index in [1.165, 1.54) is 0 Å². The van der Waals surface area contributed by atoms with E-state index in [2.05, 4.69) is 20.9 Å². The van der Waals surface area contributed by atoms with Gasteiger partial charge < -0.3 is 20.9 Å². The Hall–Kier alpha value is -1.86. The maximum Gasteiger partial charge on any atom is 0.239 e. The van der Waals surface area contributed by atoms with Gasteiger partial charge in [-0.3, -0.25) is 9.59 Å². The number of piperazine rings is 1. The molecular formula is C15H22ClN5O2. The predicted octanol–water partition coefficient (Wildman–Crippen LogP) is 0.378. The Bertz CT molecular complexity index is 545. The van der Waals surface area contributed by atoms with Gasteiger partial charge >= 0.3 is 0 Å². The standard InChI is InChI=1S/C15H21N5O2.ClH/c21-14-10-20(8-7-17-14)13-2-1-12(9-18-13)19-15(22)11-3-5-16-6-4-11;/h1-2,9,11,16H,3-8,10H2,(H,17,21)(H,19,22);1H. The van der Waals surface area contributed by atoms with Gasteiger partial charge in [0.05, 0.1) is 18.4 Å². The molecule has 3 rings (SSSR count). The lowest BCUT2D eigenvalue weighted by Crippen LogP contribution is -2.48. The number of carbonyl (C=O) groups excluding carboxylic acids is 2. The third-order valence-electron chi connectivity index (χ3n) is 4.09. The van der Waals surface area contributed by atoms with Crippen LogP contribution >= 0.6 is 12.4 Å². The number of carbonyl (C=O) groups is 2. The van der Waals surface area contributed by atoms with E-state index < -0.39 is 0 Å². The third-order valence-corrected chi connectivity index (χ3v) is 4.09. The fraction of sp³-hybridized carbons (Fsp3) is 0.533. The number of amides is 2. The Balaban J connectivity index is 0.00000192. The summed E-state index contributed by atoms with van der Waals surface area (Å²) in [5, 5.41) is 8.96. The van der Waals surface area contributed by atoms with Crippen LogP contribution in [-0.2, 0) is 9.59 Å². The van der Waals surface area contributed by atoms with Crippen molar-refractivity contribution in [2.45, 2.75) is 12.8 Å². The molecule has 0 spiro atoms. The van der Waals surface area contributed by atoms with Gasteiger partial charge in [0.1, 0.15) is 5.82 Å². The molecule has 3 N–H and O–H groups in total. The molecule has 126 valence electrons. The molecule has 0 atom stereocenters. The molecule has 0 unspecified atom stereocenters. The highest BCUT2D eigenvalue weighted by atomic mass is 35.5. The monoisotopic (exact) mass is 339 g/mol. The van der Waals surface area contributed by atoms with E-state index in [1.54, 1.807) is 6.20 Å². The third kappa shape index (κ3) is 4.56. The molecule has 3 heterocycles. The quantitative estimate of drug-likeness (QED) is 0.741. The molecule has 8 heteroatoms. The van der Waals surface area contributed by atoms with E-state index in [0.29, 0.717) is 18.8 Å². The number of hydrogen-bond acceptors (Lipinski definition) is 5. The molecular weight excluding hydrogens is 318 g/mol. The van der Waals surface area contributed by atoms with Gasteiger partial charge in [-0.1, -0.05) is 0 Å². The van der Waals surface area contributed by atoms with Gasteiger partial charge in [-0.2, -0.15) is 0 Å². The molecule has 0 aliphatic carbocycles. The van der Waals surface area contributed by atoms with Crippen LogP contribution in [0.5, 0.6) is 0 Å². The molecule has 2 aliphatic heterocycles. The second-order valence-corrected chi connectivity index (χ2v) is 5.69. The SMILES string of the molecule is Cl.O=C1CN(c2ccc(NC(=O)C3CCNCC3)cn2)CCN1. The van der Waals surface area contributed by atoms with E-state index in [0.717, 1.165) is 38.3 Å². The first-order chi connectivity index (χ1) is 10.7. The van der Waals surface area contributed by atoms with E-state index in [1.807, 2.05) is 17.0 Å². The molecule has 1 aromatic rings. The van der Waals surface area contributed by atoms with Crippen LogP contribution in [0.1, 0.15) is 12.8 Å². The maximum atomic E-state index is 12.2. The molecule has 2 aliphatic rings. The highest BCUT2D eigenvalue weighted by molar-refractivity contribution is 5.92.